The third-order valence-electron chi connectivity index (χ3n) is 4.43. The molecule has 1 aliphatic carbocycles. The molecule has 4 heteroatoms. The normalized spacial score (nSPS) is 22.8. The fraction of sp³-hybridized carbons (Fsp3) is 0.938. The lowest BCUT2D eigenvalue weighted by atomic mass is 10.2. The summed E-state index contributed by atoms with van der Waals surface area (Å²) in [5.74, 6) is 1.02. The molecule has 2 aliphatic rings. The largest absolute Gasteiger partial charge is 0.357 e. The van der Waals surface area contributed by atoms with Crippen LogP contribution in [0.1, 0.15) is 58.3 Å². The molecule has 20 heavy (non-hydrogen) atoms. The molecule has 0 spiro atoms. The lowest BCUT2D eigenvalue weighted by Crippen LogP contribution is -2.42. The van der Waals surface area contributed by atoms with Crippen LogP contribution in [-0.4, -0.2) is 49.6 Å². The van der Waals surface area contributed by atoms with Crippen LogP contribution in [0.4, 0.5) is 0 Å². The first-order valence-corrected chi connectivity index (χ1v) is 8.65. The molecule has 2 N–H and O–H groups in total. The van der Waals surface area contributed by atoms with E-state index in [-0.39, 0.29) is 0 Å². The maximum Gasteiger partial charge on any atom is 0.191 e. The first-order valence-electron chi connectivity index (χ1n) is 8.65. The summed E-state index contributed by atoms with van der Waals surface area (Å²) in [6.07, 6.45) is 10.9. The quantitative estimate of drug-likeness (QED) is 0.600. The molecule has 116 valence electrons. The summed E-state index contributed by atoms with van der Waals surface area (Å²) in [6.45, 7) is 7.65. The second-order valence-corrected chi connectivity index (χ2v) is 6.14. The molecule has 1 aliphatic heterocycles. The van der Waals surface area contributed by atoms with Crippen LogP contribution >= 0.6 is 0 Å². The van der Waals surface area contributed by atoms with Crippen LogP contribution < -0.4 is 10.6 Å². The van der Waals surface area contributed by atoms with Gasteiger partial charge in [-0.2, -0.15) is 0 Å². The fourth-order valence-electron chi connectivity index (χ4n) is 3.25. The van der Waals surface area contributed by atoms with Gasteiger partial charge in [-0.05, 0) is 45.7 Å². The predicted octanol–water partition coefficient (Wildman–Crippen LogP) is 2.36. The van der Waals surface area contributed by atoms with Gasteiger partial charge < -0.3 is 15.5 Å². The highest BCUT2D eigenvalue weighted by Gasteiger charge is 2.15. The van der Waals surface area contributed by atoms with Gasteiger partial charge in [0.05, 0.1) is 6.54 Å². The Hall–Kier alpha value is -0.770. The number of likely N-dealkylation sites (tertiary alicyclic amines) is 1. The lowest BCUT2D eigenvalue weighted by Gasteiger charge is -2.20. The highest BCUT2D eigenvalue weighted by Crippen LogP contribution is 2.17. The van der Waals surface area contributed by atoms with Crippen LogP contribution in [0.15, 0.2) is 4.99 Å². The Morgan fingerprint density at radius 3 is 2.40 bits per heavy atom. The van der Waals surface area contributed by atoms with Crippen LogP contribution in [-0.2, 0) is 0 Å². The summed E-state index contributed by atoms with van der Waals surface area (Å²) in [6, 6.07) is 0.644. The van der Waals surface area contributed by atoms with E-state index in [9.17, 15) is 0 Å². The van der Waals surface area contributed by atoms with E-state index in [0.717, 1.165) is 25.6 Å². The highest BCUT2D eigenvalue weighted by molar-refractivity contribution is 5.80. The zero-order valence-electron chi connectivity index (χ0n) is 13.2. The van der Waals surface area contributed by atoms with Crippen molar-refractivity contribution in [2.24, 2.45) is 4.99 Å². The van der Waals surface area contributed by atoms with Gasteiger partial charge in [-0.3, -0.25) is 4.99 Å². The van der Waals surface area contributed by atoms with Crippen LogP contribution in [0.5, 0.6) is 0 Å². The Bertz CT molecular complexity index is 276. The zero-order valence-corrected chi connectivity index (χ0v) is 13.2. The molecule has 0 aromatic rings. The topological polar surface area (TPSA) is 39.7 Å². The molecule has 0 aromatic heterocycles. The SMILES string of the molecule is CCNC(=NCCN1CCCCCC1)NC1CCCC1. The van der Waals surface area contributed by atoms with Crippen molar-refractivity contribution >= 4 is 5.96 Å². The smallest absolute Gasteiger partial charge is 0.191 e. The Kier molecular flexibility index (Phi) is 7.20. The molecule has 0 amide bonds. The van der Waals surface area contributed by atoms with Crippen molar-refractivity contribution in [2.75, 3.05) is 32.7 Å². The number of hydrogen-bond acceptors (Lipinski definition) is 2. The Morgan fingerprint density at radius 2 is 1.75 bits per heavy atom. The maximum absolute atomic E-state index is 4.75. The van der Waals surface area contributed by atoms with Crippen LogP contribution in [0.2, 0.25) is 0 Å². The van der Waals surface area contributed by atoms with E-state index >= 15 is 0 Å². The molecule has 0 bridgehead atoms. The van der Waals surface area contributed by atoms with Crippen LogP contribution in [0.25, 0.3) is 0 Å². The lowest BCUT2D eigenvalue weighted by molar-refractivity contribution is 0.293. The van der Waals surface area contributed by atoms with Crippen LogP contribution in [0.3, 0.4) is 0 Å². The first kappa shape index (κ1) is 15.6. The van der Waals surface area contributed by atoms with E-state index in [4.69, 9.17) is 4.99 Å². The maximum atomic E-state index is 4.75. The third-order valence-corrected chi connectivity index (χ3v) is 4.43. The zero-order chi connectivity index (χ0) is 14.0. The van der Waals surface area contributed by atoms with Gasteiger partial charge in [0.2, 0.25) is 0 Å². The van der Waals surface area contributed by atoms with Crippen molar-refractivity contribution in [1.29, 1.82) is 0 Å². The summed E-state index contributed by atoms with van der Waals surface area (Å²) in [5.41, 5.74) is 0. The van der Waals surface area contributed by atoms with Gasteiger partial charge >= 0.3 is 0 Å². The van der Waals surface area contributed by atoms with E-state index in [1.165, 1.54) is 64.5 Å². The average molecular weight is 280 g/mol. The van der Waals surface area contributed by atoms with Crippen molar-refractivity contribution < 1.29 is 0 Å². The molecule has 0 radical (unpaired) electrons. The predicted molar refractivity (Wildman–Crippen MR) is 86.3 cm³/mol. The number of nitrogens with one attached hydrogen (secondary N) is 2. The molecule has 1 saturated carbocycles. The molecule has 0 unspecified atom stereocenters. The Labute approximate surface area is 124 Å². The van der Waals surface area contributed by atoms with Crippen molar-refractivity contribution in [3.05, 3.63) is 0 Å². The molecular weight excluding hydrogens is 248 g/mol. The molecular formula is C16H32N4. The van der Waals surface area contributed by atoms with Crippen LogP contribution in [0, 0.1) is 0 Å². The number of nitrogens with zero attached hydrogens (tertiary/aromatic N) is 2. The molecule has 2 rings (SSSR count). The van der Waals surface area contributed by atoms with Gasteiger partial charge in [-0.15, -0.1) is 0 Å². The van der Waals surface area contributed by atoms with Crippen molar-refractivity contribution in [3.8, 4) is 0 Å². The summed E-state index contributed by atoms with van der Waals surface area (Å²) in [5, 5.41) is 6.97. The van der Waals surface area contributed by atoms with E-state index in [0.29, 0.717) is 6.04 Å². The van der Waals surface area contributed by atoms with E-state index < -0.39 is 0 Å². The van der Waals surface area contributed by atoms with Crippen molar-refractivity contribution in [3.63, 3.8) is 0 Å². The number of hydrogen-bond donors (Lipinski definition) is 2. The van der Waals surface area contributed by atoms with Gasteiger partial charge in [-0.1, -0.05) is 25.7 Å². The standard InChI is InChI=1S/C16H32N4/c1-2-17-16(19-15-9-5-6-10-15)18-11-14-20-12-7-3-4-8-13-20/h15H,2-14H2,1H3,(H2,17,18,19). The van der Waals surface area contributed by atoms with E-state index in [2.05, 4.69) is 22.5 Å². The van der Waals surface area contributed by atoms with Gasteiger partial charge in [-0.25, -0.2) is 0 Å². The molecule has 4 nitrogen and oxygen atoms in total. The summed E-state index contributed by atoms with van der Waals surface area (Å²) < 4.78 is 0. The summed E-state index contributed by atoms with van der Waals surface area (Å²) in [4.78, 5) is 7.33. The molecule has 0 atom stereocenters. The van der Waals surface area contributed by atoms with Gasteiger partial charge in [0.15, 0.2) is 5.96 Å². The average Bonchev–Trinajstić information content (AvgIpc) is 2.81. The summed E-state index contributed by atoms with van der Waals surface area (Å²) in [7, 11) is 0. The second kappa shape index (κ2) is 9.22. The van der Waals surface area contributed by atoms with E-state index in [1.807, 2.05) is 0 Å². The second-order valence-electron chi connectivity index (χ2n) is 6.14. The molecule has 1 saturated heterocycles. The number of aliphatic imine (C=N–C) groups is 1. The highest BCUT2D eigenvalue weighted by atomic mass is 15.2. The minimum Gasteiger partial charge on any atom is -0.357 e. The Morgan fingerprint density at radius 1 is 1.05 bits per heavy atom. The monoisotopic (exact) mass is 280 g/mol. The van der Waals surface area contributed by atoms with E-state index in [1.54, 1.807) is 0 Å². The van der Waals surface area contributed by atoms with Crippen molar-refractivity contribution in [1.82, 2.24) is 15.5 Å². The minimum absolute atomic E-state index is 0.644. The van der Waals surface area contributed by atoms with Crippen molar-refractivity contribution in [2.45, 2.75) is 64.3 Å². The van der Waals surface area contributed by atoms with Gasteiger partial charge in [0, 0.05) is 19.1 Å². The summed E-state index contributed by atoms with van der Waals surface area (Å²) >= 11 is 0. The van der Waals surface area contributed by atoms with Gasteiger partial charge in [0.25, 0.3) is 0 Å². The van der Waals surface area contributed by atoms with Gasteiger partial charge in [0.1, 0.15) is 0 Å². The Balaban J connectivity index is 1.72. The minimum atomic E-state index is 0.644. The molecule has 2 fully saturated rings. The third kappa shape index (κ3) is 5.70. The number of rotatable bonds is 5. The first-order chi connectivity index (χ1) is 9.88. The molecule has 1 heterocycles. The molecule has 0 aromatic carbocycles. The fourth-order valence-corrected chi connectivity index (χ4v) is 3.25. The number of guanidine groups is 1.